The molecule has 2 aromatic carbocycles. The van der Waals surface area contributed by atoms with Crippen LogP contribution in [-0.4, -0.2) is 50.0 Å². The van der Waals surface area contributed by atoms with Crippen LogP contribution in [0.5, 0.6) is 0 Å². The fourth-order valence-corrected chi connectivity index (χ4v) is 5.83. The summed E-state index contributed by atoms with van der Waals surface area (Å²) < 4.78 is 27.4. The molecule has 0 bridgehead atoms. The van der Waals surface area contributed by atoms with Crippen molar-refractivity contribution in [2.24, 2.45) is 0 Å². The average molecular weight is 599 g/mol. The molecule has 1 aliphatic rings. The lowest BCUT2D eigenvalue weighted by Crippen LogP contribution is -2.53. The van der Waals surface area contributed by atoms with Gasteiger partial charge in [-0.2, -0.15) is 0 Å². The Bertz CT molecular complexity index is 1180. The van der Waals surface area contributed by atoms with Crippen LogP contribution in [0.15, 0.2) is 46.9 Å². The summed E-state index contributed by atoms with van der Waals surface area (Å²) in [6.45, 7) is 3.17. The van der Waals surface area contributed by atoms with Crippen LogP contribution in [0, 0.1) is 6.92 Å². The smallest absolute Gasteiger partial charge is 0.244 e. The lowest BCUT2D eigenvalue weighted by Gasteiger charge is -2.33. The van der Waals surface area contributed by atoms with E-state index >= 15 is 0 Å². The van der Waals surface area contributed by atoms with Gasteiger partial charge in [0.05, 0.1) is 11.9 Å². The molecule has 1 fully saturated rings. The van der Waals surface area contributed by atoms with Gasteiger partial charge in [-0.3, -0.25) is 13.9 Å². The van der Waals surface area contributed by atoms with Crippen molar-refractivity contribution < 1.29 is 18.0 Å². The van der Waals surface area contributed by atoms with Gasteiger partial charge in [0.25, 0.3) is 0 Å². The van der Waals surface area contributed by atoms with E-state index in [1.807, 2.05) is 24.3 Å². The molecule has 2 amide bonds. The molecule has 0 aromatic heterocycles. The van der Waals surface area contributed by atoms with E-state index in [2.05, 4.69) is 21.2 Å². The lowest BCUT2D eigenvalue weighted by atomic mass is 9.95. The largest absolute Gasteiger partial charge is 0.352 e. The third-order valence-electron chi connectivity index (χ3n) is 6.49. The molecule has 3 rings (SSSR count). The molecular weight excluding hydrogens is 566 g/mol. The summed E-state index contributed by atoms with van der Waals surface area (Å²) in [5.74, 6) is -0.704. The first-order valence-corrected chi connectivity index (χ1v) is 15.1. The highest BCUT2D eigenvalue weighted by Crippen LogP contribution is 2.26. The highest BCUT2D eigenvalue weighted by atomic mass is 79.9. The van der Waals surface area contributed by atoms with Crippen LogP contribution in [0.3, 0.4) is 0 Å². The Morgan fingerprint density at radius 3 is 2.33 bits per heavy atom. The fourth-order valence-electron chi connectivity index (χ4n) is 4.43. The summed E-state index contributed by atoms with van der Waals surface area (Å²) in [6, 6.07) is 11.6. The van der Waals surface area contributed by atoms with Gasteiger partial charge in [-0.05, 0) is 68.1 Å². The second-order valence-electron chi connectivity index (χ2n) is 9.37. The summed E-state index contributed by atoms with van der Waals surface area (Å²) in [7, 11) is -3.79. The molecule has 1 saturated carbocycles. The number of rotatable bonds is 9. The SMILES string of the molecule is Cc1cc(Cl)ccc1N(CC(=O)N(Cc1ccc(Br)cc1)[C@H](C)C(=O)NC1CCCCC1)S(C)(=O)=O. The van der Waals surface area contributed by atoms with Gasteiger partial charge in [-0.1, -0.05) is 58.9 Å². The number of nitrogens with zero attached hydrogens (tertiary/aromatic N) is 2. The van der Waals surface area contributed by atoms with E-state index in [0.717, 1.165) is 46.3 Å². The quantitative estimate of drug-likeness (QED) is 0.438. The maximum atomic E-state index is 13.7. The predicted molar refractivity (Wildman–Crippen MR) is 148 cm³/mol. The minimum Gasteiger partial charge on any atom is -0.352 e. The van der Waals surface area contributed by atoms with E-state index in [1.54, 1.807) is 32.0 Å². The summed E-state index contributed by atoms with van der Waals surface area (Å²) >= 11 is 9.47. The van der Waals surface area contributed by atoms with Crippen molar-refractivity contribution in [1.29, 1.82) is 0 Å². The highest BCUT2D eigenvalue weighted by molar-refractivity contribution is 9.10. The van der Waals surface area contributed by atoms with Crippen LogP contribution in [0.4, 0.5) is 5.69 Å². The van der Waals surface area contributed by atoms with Crippen LogP contribution >= 0.6 is 27.5 Å². The first-order chi connectivity index (χ1) is 17.0. The van der Waals surface area contributed by atoms with E-state index < -0.39 is 28.5 Å². The number of carbonyl (C=O) groups excluding carboxylic acids is 2. The Morgan fingerprint density at radius 2 is 1.75 bits per heavy atom. The summed E-state index contributed by atoms with van der Waals surface area (Å²) in [5.41, 5.74) is 1.83. The monoisotopic (exact) mass is 597 g/mol. The van der Waals surface area contributed by atoms with Gasteiger partial charge in [0.2, 0.25) is 21.8 Å². The number of amides is 2. The topological polar surface area (TPSA) is 86.8 Å². The molecule has 1 atom stereocenters. The predicted octanol–water partition coefficient (Wildman–Crippen LogP) is 5.04. The Hall–Kier alpha value is -2.10. The summed E-state index contributed by atoms with van der Waals surface area (Å²) in [6.07, 6.45) is 6.23. The maximum absolute atomic E-state index is 13.7. The van der Waals surface area contributed by atoms with E-state index in [1.165, 1.54) is 11.3 Å². The lowest BCUT2D eigenvalue weighted by molar-refractivity contribution is -0.139. The Morgan fingerprint density at radius 1 is 1.11 bits per heavy atom. The molecule has 7 nitrogen and oxygen atoms in total. The molecule has 0 aliphatic heterocycles. The van der Waals surface area contributed by atoms with Gasteiger partial charge < -0.3 is 10.2 Å². The van der Waals surface area contributed by atoms with Crippen molar-refractivity contribution in [1.82, 2.24) is 10.2 Å². The number of aryl methyl sites for hydroxylation is 1. The number of nitrogens with one attached hydrogen (secondary N) is 1. The number of hydrogen-bond acceptors (Lipinski definition) is 4. The second-order valence-corrected chi connectivity index (χ2v) is 12.6. The molecule has 10 heteroatoms. The zero-order chi connectivity index (χ0) is 26.5. The molecular formula is C26H33BrClN3O4S. The van der Waals surface area contributed by atoms with Gasteiger partial charge in [-0.15, -0.1) is 0 Å². The van der Waals surface area contributed by atoms with Crippen LogP contribution in [-0.2, 0) is 26.2 Å². The van der Waals surface area contributed by atoms with E-state index in [0.29, 0.717) is 16.3 Å². The Labute approximate surface area is 227 Å². The van der Waals surface area contributed by atoms with Crippen LogP contribution in [0.2, 0.25) is 5.02 Å². The van der Waals surface area contributed by atoms with Crippen molar-refractivity contribution in [2.45, 2.75) is 64.6 Å². The van der Waals surface area contributed by atoms with Crippen molar-refractivity contribution in [3.8, 4) is 0 Å². The third kappa shape index (κ3) is 7.70. The van der Waals surface area contributed by atoms with Crippen molar-refractivity contribution in [3.63, 3.8) is 0 Å². The maximum Gasteiger partial charge on any atom is 0.244 e. The normalized spacial score (nSPS) is 15.2. The molecule has 0 heterocycles. The van der Waals surface area contributed by atoms with E-state index in [4.69, 9.17) is 11.6 Å². The Kier molecular flexibility index (Phi) is 9.83. The molecule has 1 N–H and O–H groups in total. The highest BCUT2D eigenvalue weighted by Gasteiger charge is 2.31. The Balaban J connectivity index is 1.88. The van der Waals surface area contributed by atoms with Crippen molar-refractivity contribution >= 4 is 55.1 Å². The molecule has 0 radical (unpaired) electrons. The first kappa shape index (κ1) is 28.5. The minimum absolute atomic E-state index is 0.0996. The standard InChI is InChI=1S/C26H33BrClN3O4S/c1-18-15-22(28)13-14-24(18)31(36(3,34)35)17-25(32)30(16-20-9-11-21(27)12-10-20)19(2)26(33)29-23-7-5-4-6-8-23/h9-15,19,23H,4-8,16-17H2,1-3H3,(H,29,33)/t19-/m1/s1. The summed E-state index contributed by atoms with van der Waals surface area (Å²) in [5, 5.41) is 3.57. The molecule has 2 aromatic rings. The molecule has 1 aliphatic carbocycles. The number of carbonyl (C=O) groups is 2. The second kappa shape index (κ2) is 12.4. The van der Waals surface area contributed by atoms with Crippen LogP contribution in [0.1, 0.15) is 50.2 Å². The molecule has 0 saturated heterocycles. The zero-order valence-corrected chi connectivity index (χ0v) is 24.0. The van der Waals surface area contributed by atoms with E-state index in [-0.39, 0.29) is 18.5 Å². The number of halogens is 2. The van der Waals surface area contributed by atoms with Crippen LogP contribution in [0.25, 0.3) is 0 Å². The number of sulfonamides is 1. The number of hydrogen-bond donors (Lipinski definition) is 1. The van der Waals surface area contributed by atoms with Gasteiger partial charge >= 0.3 is 0 Å². The first-order valence-electron chi connectivity index (χ1n) is 12.0. The van der Waals surface area contributed by atoms with E-state index in [9.17, 15) is 18.0 Å². The van der Waals surface area contributed by atoms with Gasteiger partial charge in [-0.25, -0.2) is 8.42 Å². The molecule has 196 valence electrons. The van der Waals surface area contributed by atoms with Gasteiger partial charge in [0.1, 0.15) is 12.6 Å². The molecule has 0 unspecified atom stereocenters. The van der Waals surface area contributed by atoms with Gasteiger partial charge in [0, 0.05) is 22.1 Å². The van der Waals surface area contributed by atoms with Crippen molar-refractivity contribution in [2.75, 3.05) is 17.1 Å². The number of anilines is 1. The zero-order valence-electron chi connectivity index (χ0n) is 20.8. The average Bonchev–Trinajstić information content (AvgIpc) is 2.82. The summed E-state index contributed by atoms with van der Waals surface area (Å²) in [4.78, 5) is 28.3. The number of benzene rings is 2. The minimum atomic E-state index is -3.79. The molecule has 36 heavy (non-hydrogen) atoms. The van der Waals surface area contributed by atoms with Crippen LogP contribution < -0.4 is 9.62 Å². The van der Waals surface area contributed by atoms with Gasteiger partial charge in [0.15, 0.2) is 0 Å². The molecule has 0 spiro atoms. The third-order valence-corrected chi connectivity index (χ3v) is 8.38. The fraction of sp³-hybridized carbons (Fsp3) is 0.462. The van der Waals surface area contributed by atoms with Crippen molar-refractivity contribution in [3.05, 3.63) is 63.1 Å².